The molecule has 196 valence electrons. The van der Waals surface area contributed by atoms with Crippen molar-refractivity contribution < 1.29 is 19.7 Å². The highest BCUT2D eigenvalue weighted by Gasteiger charge is 2.73. The van der Waals surface area contributed by atoms with Crippen molar-refractivity contribution in [2.75, 3.05) is 25.5 Å². The molecule has 37 heavy (non-hydrogen) atoms. The number of rotatable bonds is 4. The normalized spacial score (nSPS) is 33.5. The molecule has 3 aliphatic carbocycles. The van der Waals surface area contributed by atoms with Crippen molar-refractivity contribution in [2.24, 2.45) is 5.92 Å². The highest BCUT2D eigenvalue weighted by molar-refractivity contribution is 6.42. The van der Waals surface area contributed by atoms with E-state index in [0.29, 0.717) is 34.3 Å². The van der Waals surface area contributed by atoms with E-state index >= 15 is 0 Å². The molecule has 5 atom stereocenters. The van der Waals surface area contributed by atoms with E-state index in [2.05, 4.69) is 10.2 Å². The fourth-order valence-electron chi connectivity index (χ4n) is 7.79. The van der Waals surface area contributed by atoms with Gasteiger partial charge in [0.2, 0.25) is 0 Å². The maximum atomic E-state index is 13.4. The van der Waals surface area contributed by atoms with E-state index in [0.717, 1.165) is 43.0 Å². The van der Waals surface area contributed by atoms with Crippen molar-refractivity contribution in [1.82, 2.24) is 9.80 Å². The van der Waals surface area contributed by atoms with Crippen molar-refractivity contribution in [3.8, 4) is 11.5 Å². The van der Waals surface area contributed by atoms with Crippen LogP contribution in [0.15, 0.2) is 30.3 Å². The first-order chi connectivity index (χ1) is 17.7. The number of carbonyl (C=O) groups is 1. The van der Waals surface area contributed by atoms with Crippen LogP contribution in [0.5, 0.6) is 11.5 Å². The number of amides is 2. The van der Waals surface area contributed by atoms with Gasteiger partial charge in [0.05, 0.1) is 27.1 Å². The first-order valence-corrected chi connectivity index (χ1v) is 14.0. The van der Waals surface area contributed by atoms with E-state index in [1.165, 1.54) is 12.8 Å². The molecule has 7 rings (SSSR count). The Morgan fingerprint density at radius 3 is 2.76 bits per heavy atom. The largest absolute Gasteiger partial charge is 0.504 e. The molecule has 3 fully saturated rings. The zero-order chi connectivity index (χ0) is 25.7. The number of aliphatic hydroxyl groups is 1. The number of likely N-dealkylation sites (N-methyl/N-ethyl adjacent to an activating group) is 1. The zero-order valence-electron chi connectivity index (χ0n) is 20.7. The number of hydrogen-bond acceptors (Lipinski definition) is 5. The van der Waals surface area contributed by atoms with Gasteiger partial charge in [-0.3, -0.25) is 4.90 Å². The molecule has 2 saturated carbocycles. The number of anilines is 1. The lowest BCUT2D eigenvalue weighted by molar-refractivity contribution is -0.197. The molecule has 2 aromatic carbocycles. The molecule has 5 aliphatic rings. The van der Waals surface area contributed by atoms with E-state index in [-0.39, 0.29) is 23.9 Å². The van der Waals surface area contributed by atoms with Gasteiger partial charge in [-0.2, -0.15) is 0 Å². The summed E-state index contributed by atoms with van der Waals surface area (Å²) in [5.74, 6) is 1.32. The number of urea groups is 1. The van der Waals surface area contributed by atoms with Gasteiger partial charge in [-0.25, -0.2) is 4.79 Å². The van der Waals surface area contributed by atoms with E-state index in [9.17, 15) is 15.0 Å². The molecular formula is C28H31Cl2N3O4. The average Bonchev–Trinajstić information content (AvgIpc) is 3.61. The molecule has 1 spiro atoms. The van der Waals surface area contributed by atoms with Gasteiger partial charge in [0.15, 0.2) is 11.5 Å². The number of phenols is 1. The van der Waals surface area contributed by atoms with Crippen LogP contribution in [0.4, 0.5) is 10.5 Å². The fourth-order valence-corrected chi connectivity index (χ4v) is 8.09. The molecule has 0 unspecified atom stereocenters. The Hall–Kier alpha value is -2.19. The number of likely N-dealkylation sites (tertiary alicyclic amines) is 1. The topological polar surface area (TPSA) is 85.3 Å². The minimum atomic E-state index is -0.978. The van der Waals surface area contributed by atoms with Crippen molar-refractivity contribution in [1.29, 1.82) is 0 Å². The highest BCUT2D eigenvalue weighted by Crippen LogP contribution is 2.66. The average molecular weight is 544 g/mol. The summed E-state index contributed by atoms with van der Waals surface area (Å²) in [7, 11) is 1.77. The Bertz CT molecular complexity index is 1300. The van der Waals surface area contributed by atoms with Gasteiger partial charge >= 0.3 is 6.03 Å². The number of hydrogen-bond donors (Lipinski definition) is 3. The van der Waals surface area contributed by atoms with Crippen LogP contribution in [0.1, 0.15) is 43.2 Å². The molecule has 9 heteroatoms. The summed E-state index contributed by atoms with van der Waals surface area (Å²) < 4.78 is 6.58. The van der Waals surface area contributed by atoms with Crippen LogP contribution in [0.25, 0.3) is 0 Å². The van der Waals surface area contributed by atoms with Crippen LogP contribution in [-0.4, -0.2) is 70.0 Å². The Balaban J connectivity index is 1.25. The van der Waals surface area contributed by atoms with Gasteiger partial charge < -0.3 is 25.2 Å². The Labute approximate surface area is 226 Å². The highest BCUT2D eigenvalue weighted by atomic mass is 35.5. The number of ether oxygens (including phenoxy) is 1. The number of carbonyl (C=O) groups excluding carboxylic acids is 1. The third kappa shape index (κ3) is 3.30. The van der Waals surface area contributed by atoms with E-state index in [4.69, 9.17) is 27.9 Å². The van der Waals surface area contributed by atoms with Crippen molar-refractivity contribution in [2.45, 2.75) is 67.7 Å². The van der Waals surface area contributed by atoms with Crippen LogP contribution in [0.2, 0.25) is 10.0 Å². The van der Waals surface area contributed by atoms with E-state index in [1.54, 1.807) is 36.2 Å². The smallest absolute Gasteiger partial charge is 0.321 e. The first-order valence-electron chi connectivity index (χ1n) is 13.2. The third-order valence-electron chi connectivity index (χ3n) is 9.72. The van der Waals surface area contributed by atoms with E-state index in [1.807, 2.05) is 6.07 Å². The second-order valence-electron chi connectivity index (χ2n) is 11.6. The monoisotopic (exact) mass is 543 g/mol. The number of nitrogens with one attached hydrogen (secondary N) is 1. The predicted molar refractivity (Wildman–Crippen MR) is 142 cm³/mol. The molecule has 2 aromatic rings. The minimum Gasteiger partial charge on any atom is -0.504 e. The molecule has 0 radical (unpaired) electrons. The predicted octanol–water partition coefficient (Wildman–Crippen LogP) is 4.80. The van der Waals surface area contributed by atoms with Crippen LogP contribution >= 0.6 is 23.2 Å². The van der Waals surface area contributed by atoms with Gasteiger partial charge in [0.1, 0.15) is 6.10 Å². The molecule has 2 amide bonds. The standard InChI is InChI=1S/C28H31Cl2N3O4/c1-32(26(35)31-17-5-6-18(29)19(30)13-17)20-8-9-28(36)22-12-16-4-7-21(34)24-23(16)27(28,25(20)37-24)10-11-33(22)14-15-2-3-15/h4-7,13,15,20,22,25,34,36H,2-3,8-12,14H2,1H3,(H,31,35)/t20-,22+,25-,27-,28+/m0/s1. The quantitative estimate of drug-likeness (QED) is 0.515. The summed E-state index contributed by atoms with van der Waals surface area (Å²) in [6.45, 7) is 1.91. The molecule has 7 nitrogen and oxygen atoms in total. The molecule has 2 bridgehead atoms. The first kappa shape index (κ1) is 23.9. The number of nitrogens with zero attached hydrogens (tertiary/aromatic N) is 2. The number of phenolic OH excluding ortho intramolecular Hbond substituents is 1. The van der Waals surface area contributed by atoms with Crippen LogP contribution < -0.4 is 10.1 Å². The number of piperidine rings is 1. The zero-order valence-corrected chi connectivity index (χ0v) is 22.2. The van der Waals surface area contributed by atoms with Crippen LogP contribution in [0, 0.1) is 5.92 Å². The molecule has 2 aliphatic heterocycles. The molecule has 0 aromatic heterocycles. The van der Waals surface area contributed by atoms with E-state index < -0.39 is 17.1 Å². The van der Waals surface area contributed by atoms with Gasteiger partial charge in [-0.15, -0.1) is 0 Å². The SMILES string of the molecule is CN(C(=O)Nc1ccc(Cl)c(Cl)c1)[C@H]1CC[C@@]2(O)[C@H]3Cc4ccc(O)c5c4[C@@]2(CCN3CC2CC2)[C@H]1O5. The summed E-state index contributed by atoms with van der Waals surface area (Å²) in [4.78, 5) is 17.6. The molecule has 1 saturated heterocycles. The number of benzene rings is 2. The van der Waals surface area contributed by atoms with Crippen LogP contribution in [0.3, 0.4) is 0 Å². The molecule has 2 heterocycles. The molecule has 3 N–H and O–H groups in total. The van der Waals surface area contributed by atoms with Crippen molar-refractivity contribution >= 4 is 34.9 Å². The Kier molecular flexibility index (Phi) is 5.27. The summed E-state index contributed by atoms with van der Waals surface area (Å²) in [6.07, 6.45) is 4.75. The second-order valence-corrected chi connectivity index (χ2v) is 12.4. The van der Waals surface area contributed by atoms with Crippen molar-refractivity contribution in [3.05, 3.63) is 51.5 Å². The van der Waals surface area contributed by atoms with Crippen LogP contribution in [-0.2, 0) is 11.8 Å². The summed E-state index contributed by atoms with van der Waals surface area (Å²) in [5, 5.41) is 27.1. The number of halogens is 2. The Morgan fingerprint density at radius 1 is 1.19 bits per heavy atom. The molecular weight excluding hydrogens is 513 g/mol. The summed E-state index contributed by atoms with van der Waals surface area (Å²) >= 11 is 12.2. The lowest BCUT2D eigenvalue weighted by Crippen LogP contribution is -2.78. The lowest BCUT2D eigenvalue weighted by Gasteiger charge is -2.64. The van der Waals surface area contributed by atoms with Gasteiger partial charge in [-0.05, 0) is 80.8 Å². The minimum absolute atomic E-state index is 0.00670. The maximum absolute atomic E-state index is 13.4. The summed E-state index contributed by atoms with van der Waals surface area (Å²) in [6, 6.07) is 8.14. The lowest BCUT2D eigenvalue weighted by atomic mass is 9.48. The van der Waals surface area contributed by atoms with Gasteiger partial charge in [0, 0.05) is 30.9 Å². The van der Waals surface area contributed by atoms with Crippen molar-refractivity contribution in [3.63, 3.8) is 0 Å². The second kappa shape index (κ2) is 8.15. The third-order valence-corrected chi connectivity index (χ3v) is 10.5. The van der Waals surface area contributed by atoms with Gasteiger partial charge in [-0.1, -0.05) is 29.3 Å². The number of aromatic hydroxyl groups is 1. The summed E-state index contributed by atoms with van der Waals surface area (Å²) in [5.41, 5.74) is 1.02. The fraction of sp³-hybridized carbons (Fsp3) is 0.536. The Morgan fingerprint density at radius 2 is 2.00 bits per heavy atom. The maximum Gasteiger partial charge on any atom is 0.321 e. The van der Waals surface area contributed by atoms with Gasteiger partial charge in [0.25, 0.3) is 0 Å².